The lowest BCUT2D eigenvalue weighted by Gasteiger charge is -2.59. The van der Waals surface area contributed by atoms with Crippen LogP contribution in [0.4, 0.5) is 0 Å². The predicted octanol–water partition coefficient (Wildman–Crippen LogP) is 5.12. The lowest BCUT2D eigenvalue weighted by molar-refractivity contribution is -0.147. The number of hydrogen-bond donors (Lipinski definition) is 0. The van der Waals surface area contributed by atoms with Crippen molar-refractivity contribution in [1.29, 1.82) is 0 Å². The van der Waals surface area contributed by atoms with Crippen LogP contribution in [-0.4, -0.2) is 22.3 Å². The molecule has 1 unspecified atom stereocenters. The molecule has 3 heteroatoms. The molecule has 4 aliphatic rings. The molecule has 27 heavy (non-hydrogen) atoms. The van der Waals surface area contributed by atoms with Crippen LogP contribution in [0.2, 0.25) is 0 Å². The summed E-state index contributed by atoms with van der Waals surface area (Å²) in [5, 5.41) is 0. The Hall–Kier alpha value is -1.61. The zero-order valence-electron chi connectivity index (χ0n) is 16.3. The van der Waals surface area contributed by atoms with Crippen molar-refractivity contribution in [1.82, 2.24) is 9.55 Å². The topological polar surface area (TPSA) is 27.1 Å². The van der Waals surface area contributed by atoms with Gasteiger partial charge in [-0.15, -0.1) is 0 Å². The predicted molar refractivity (Wildman–Crippen MR) is 107 cm³/mol. The first-order chi connectivity index (χ1) is 13.3. The van der Waals surface area contributed by atoms with Crippen LogP contribution < -0.4 is 0 Å². The van der Waals surface area contributed by atoms with E-state index in [2.05, 4.69) is 46.1 Å². The van der Waals surface area contributed by atoms with Crippen molar-refractivity contribution in [3.8, 4) is 0 Å². The summed E-state index contributed by atoms with van der Waals surface area (Å²) >= 11 is 0. The summed E-state index contributed by atoms with van der Waals surface area (Å²) in [6.45, 7) is 1.84. The molecular weight excluding hydrogens is 332 g/mol. The third-order valence-corrected chi connectivity index (χ3v) is 7.48. The number of benzene rings is 1. The van der Waals surface area contributed by atoms with Crippen molar-refractivity contribution in [3.05, 3.63) is 54.6 Å². The van der Waals surface area contributed by atoms with Gasteiger partial charge < -0.3 is 9.30 Å². The number of hydrogen-bond acceptors (Lipinski definition) is 2. The normalized spacial score (nSPS) is 32.7. The molecule has 4 saturated carbocycles. The largest absolute Gasteiger partial charge is 0.376 e. The Balaban J connectivity index is 1.26. The first-order valence-corrected chi connectivity index (χ1v) is 10.9. The maximum Gasteiger partial charge on any atom is 0.0946 e. The quantitative estimate of drug-likeness (QED) is 0.608. The molecule has 2 aromatic rings. The summed E-state index contributed by atoms with van der Waals surface area (Å²) in [4.78, 5) is 4.27. The second-order valence-corrected chi connectivity index (χ2v) is 9.49. The Bertz CT molecular complexity index is 689. The molecule has 1 heterocycles. The highest BCUT2D eigenvalue weighted by molar-refractivity contribution is 5.14. The molecule has 4 fully saturated rings. The van der Waals surface area contributed by atoms with Crippen molar-refractivity contribution in [3.63, 3.8) is 0 Å². The Morgan fingerprint density at radius 2 is 1.74 bits per heavy atom. The van der Waals surface area contributed by atoms with Crippen LogP contribution in [0.25, 0.3) is 0 Å². The number of aromatic nitrogens is 2. The van der Waals surface area contributed by atoms with E-state index >= 15 is 0 Å². The van der Waals surface area contributed by atoms with Crippen molar-refractivity contribution in [2.45, 2.75) is 64.0 Å². The summed E-state index contributed by atoms with van der Waals surface area (Å²) < 4.78 is 8.91. The lowest BCUT2D eigenvalue weighted by Crippen LogP contribution is -2.53. The molecule has 0 spiro atoms. The van der Waals surface area contributed by atoms with Crippen LogP contribution in [0.3, 0.4) is 0 Å². The monoisotopic (exact) mass is 364 g/mol. The molecule has 4 aliphatic carbocycles. The number of aryl methyl sites for hydroxylation is 1. The van der Waals surface area contributed by atoms with E-state index in [1.807, 2.05) is 12.5 Å². The minimum absolute atomic E-state index is 0.343. The number of rotatable bonds is 8. The van der Waals surface area contributed by atoms with Gasteiger partial charge in [0.2, 0.25) is 0 Å². The fourth-order valence-electron chi connectivity index (χ4n) is 6.73. The van der Waals surface area contributed by atoms with Gasteiger partial charge in [-0.2, -0.15) is 0 Å². The summed E-state index contributed by atoms with van der Waals surface area (Å²) in [6.07, 6.45) is 17.2. The van der Waals surface area contributed by atoms with Gasteiger partial charge in [0.25, 0.3) is 0 Å². The van der Waals surface area contributed by atoms with Crippen molar-refractivity contribution >= 4 is 0 Å². The maximum atomic E-state index is 6.67. The minimum Gasteiger partial charge on any atom is -0.376 e. The maximum absolute atomic E-state index is 6.67. The van der Waals surface area contributed by atoms with Crippen LogP contribution in [-0.2, 0) is 17.7 Å². The van der Waals surface area contributed by atoms with E-state index in [-0.39, 0.29) is 0 Å². The fourth-order valence-corrected chi connectivity index (χ4v) is 6.73. The van der Waals surface area contributed by atoms with Crippen molar-refractivity contribution < 1.29 is 4.74 Å². The second kappa shape index (κ2) is 7.43. The first-order valence-electron chi connectivity index (χ1n) is 10.9. The first kappa shape index (κ1) is 17.5. The molecule has 1 aromatic carbocycles. The Morgan fingerprint density at radius 3 is 2.37 bits per heavy atom. The van der Waals surface area contributed by atoms with Gasteiger partial charge in [-0.1, -0.05) is 30.3 Å². The third-order valence-electron chi connectivity index (χ3n) is 7.48. The van der Waals surface area contributed by atoms with Crippen LogP contribution in [0.1, 0.15) is 50.5 Å². The van der Waals surface area contributed by atoms with Crippen LogP contribution in [0, 0.1) is 23.2 Å². The highest BCUT2D eigenvalue weighted by Gasteiger charge is 2.54. The van der Waals surface area contributed by atoms with Gasteiger partial charge in [0.15, 0.2) is 0 Å². The highest BCUT2D eigenvalue weighted by atomic mass is 16.5. The van der Waals surface area contributed by atoms with E-state index in [0.717, 1.165) is 43.7 Å². The van der Waals surface area contributed by atoms with E-state index in [0.29, 0.717) is 11.5 Å². The summed E-state index contributed by atoms with van der Waals surface area (Å²) in [5.41, 5.74) is 1.84. The third kappa shape index (κ3) is 3.71. The van der Waals surface area contributed by atoms with E-state index in [1.54, 1.807) is 0 Å². The van der Waals surface area contributed by atoms with Crippen molar-refractivity contribution in [2.75, 3.05) is 6.61 Å². The van der Waals surface area contributed by atoms with Gasteiger partial charge in [0.05, 0.1) is 19.0 Å². The Morgan fingerprint density at radius 1 is 1.04 bits per heavy atom. The van der Waals surface area contributed by atoms with Gasteiger partial charge in [0.1, 0.15) is 0 Å². The van der Waals surface area contributed by atoms with Crippen LogP contribution in [0.15, 0.2) is 49.1 Å². The Labute approximate surface area is 163 Å². The zero-order valence-corrected chi connectivity index (χ0v) is 16.3. The molecule has 6 rings (SSSR count). The number of imidazole rings is 1. The molecule has 144 valence electrons. The van der Waals surface area contributed by atoms with Gasteiger partial charge in [0, 0.05) is 19.0 Å². The average Bonchev–Trinajstić information content (AvgIpc) is 3.17. The van der Waals surface area contributed by atoms with Gasteiger partial charge >= 0.3 is 0 Å². The van der Waals surface area contributed by atoms with Crippen LogP contribution in [0.5, 0.6) is 0 Å². The van der Waals surface area contributed by atoms with Gasteiger partial charge in [-0.3, -0.25) is 0 Å². The molecule has 0 radical (unpaired) electrons. The molecule has 4 bridgehead atoms. The molecule has 0 amide bonds. The van der Waals surface area contributed by atoms with Gasteiger partial charge in [-0.05, 0) is 80.1 Å². The smallest absolute Gasteiger partial charge is 0.0946 e. The summed E-state index contributed by atoms with van der Waals surface area (Å²) in [5.74, 6) is 2.90. The fraction of sp³-hybridized carbons (Fsp3) is 0.625. The van der Waals surface area contributed by atoms with E-state index in [4.69, 9.17) is 4.74 Å². The van der Waals surface area contributed by atoms with Gasteiger partial charge in [-0.25, -0.2) is 4.98 Å². The highest BCUT2D eigenvalue weighted by Crippen LogP contribution is 2.61. The molecule has 1 aromatic heterocycles. The zero-order chi connectivity index (χ0) is 18.1. The lowest BCUT2D eigenvalue weighted by atomic mass is 9.48. The Kier molecular flexibility index (Phi) is 4.81. The minimum atomic E-state index is 0.343. The molecular formula is C24H32N2O. The second-order valence-electron chi connectivity index (χ2n) is 9.49. The molecule has 0 N–H and O–H groups in total. The molecule has 0 saturated heterocycles. The molecule has 1 atom stereocenters. The molecule has 3 nitrogen and oxygen atoms in total. The number of ether oxygens (including phenoxy) is 1. The van der Waals surface area contributed by atoms with E-state index in [1.165, 1.54) is 44.1 Å². The van der Waals surface area contributed by atoms with Crippen molar-refractivity contribution in [2.24, 2.45) is 23.2 Å². The number of nitrogens with zero attached hydrogens (tertiary/aromatic N) is 2. The summed E-state index contributed by atoms with van der Waals surface area (Å²) in [6, 6.07) is 10.8. The molecule has 0 aliphatic heterocycles. The average molecular weight is 365 g/mol. The standard InChI is InChI=1S/C24H32N2O/c1-2-5-19(6-3-1)7-4-10-27-23(17-26-9-8-25-18-26)24-14-20-11-21(15-24)13-22(12-20)16-24/h1-3,5-6,8-9,18,20-23H,4,7,10-17H2. The summed E-state index contributed by atoms with van der Waals surface area (Å²) in [7, 11) is 0. The van der Waals surface area contributed by atoms with E-state index in [9.17, 15) is 0 Å². The SMILES string of the molecule is c1ccc(CCCOC(Cn2ccnc2)C23CC4CC(CC(C4)C2)C3)cc1. The van der Waals surface area contributed by atoms with Crippen LogP contribution >= 0.6 is 0 Å². The van der Waals surface area contributed by atoms with E-state index < -0.39 is 0 Å².